The molecule has 1 aromatic rings. The van der Waals surface area contributed by atoms with Crippen LogP contribution in [0.1, 0.15) is 12.1 Å². The summed E-state index contributed by atoms with van der Waals surface area (Å²) in [4.78, 5) is 3.66. The molecule has 0 atom stereocenters. The van der Waals surface area contributed by atoms with E-state index in [0.29, 0.717) is 8.04 Å². The van der Waals surface area contributed by atoms with Crippen LogP contribution >= 0.6 is 38.5 Å². The van der Waals surface area contributed by atoms with Gasteiger partial charge >= 0.3 is 0 Å². The van der Waals surface area contributed by atoms with E-state index in [9.17, 15) is 8.78 Å². The normalized spacial score (nSPS) is 10.6. The first-order chi connectivity index (χ1) is 6.06. The molecule has 0 spiro atoms. The minimum atomic E-state index is -2.58. The fraction of sp³-hybridized carbons (Fsp3) is 0.286. The maximum atomic E-state index is 12.3. The Labute approximate surface area is 96.0 Å². The molecule has 1 rings (SSSR count). The number of ether oxygens (including phenoxy) is 1. The van der Waals surface area contributed by atoms with E-state index in [1.807, 2.05) is 0 Å². The first-order valence-electron chi connectivity index (χ1n) is 3.24. The van der Waals surface area contributed by atoms with Gasteiger partial charge in [0.1, 0.15) is 5.69 Å². The molecule has 0 unspecified atom stereocenters. The summed E-state index contributed by atoms with van der Waals surface area (Å²) < 4.78 is 30.5. The molecule has 0 radical (unpaired) electrons. The Morgan fingerprint density at radius 2 is 2.23 bits per heavy atom. The number of aromatic nitrogens is 1. The van der Waals surface area contributed by atoms with Crippen LogP contribution < -0.4 is 4.74 Å². The van der Waals surface area contributed by atoms with Gasteiger partial charge in [-0.15, -0.1) is 0 Å². The average molecular weight is 364 g/mol. The van der Waals surface area contributed by atoms with Gasteiger partial charge in [-0.05, 0) is 44.6 Å². The van der Waals surface area contributed by atoms with Crippen LogP contribution in [-0.4, -0.2) is 12.1 Å². The van der Waals surface area contributed by atoms with Crippen molar-refractivity contribution >= 4 is 38.5 Å². The fourth-order valence-electron chi connectivity index (χ4n) is 0.759. The second kappa shape index (κ2) is 4.50. The molecule has 0 bridgehead atoms. The fourth-order valence-corrected chi connectivity index (χ4v) is 2.33. The van der Waals surface area contributed by atoms with Crippen molar-refractivity contribution in [3.05, 3.63) is 19.8 Å². The molecular weight excluding hydrogens is 359 g/mol. The Morgan fingerprint density at radius 1 is 1.62 bits per heavy atom. The van der Waals surface area contributed by atoms with E-state index in [2.05, 4.69) is 20.9 Å². The topological polar surface area (TPSA) is 22.1 Å². The summed E-state index contributed by atoms with van der Waals surface area (Å²) in [5.74, 6) is 0.177. The van der Waals surface area contributed by atoms with E-state index in [0.717, 1.165) is 0 Å². The van der Waals surface area contributed by atoms with E-state index < -0.39 is 6.43 Å². The first-order valence-corrected chi connectivity index (χ1v) is 5.11. The zero-order valence-corrected chi connectivity index (χ0v) is 10.3. The van der Waals surface area contributed by atoms with Crippen LogP contribution in [-0.2, 0) is 0 Å². The second-order valence-corrected chi connectivity index (χ2v) is 4.16. The van der Waals surface area contributed by atoms with Crippen LogP contribution in [0.15, 0.2) is 10.5 Å². The summed E-state index contributed by atoms with van der Waals surface area (Å²) in [5, 5.41) is 0. The summed E-state index contributed by atoms with van der Waals surface area (Å²) in [7, 11) is 1.38. The quantitative estimate of drug-likeness (QED) is 0.751. The molecule has 1 heterocycles. The smallest absolute Gasteiger partial charge is 0.281 e. The highest BCUT2D eigenvalue weighted by molar-refractivity contribution is 14.1. The van der Waals surface area contributed by atoms with Gasteiger partial charge in [-0.25, -0.2) is 13.8 Å². The van der Waals surface area contributed by atoms with Gasteiger partial charge in [0, 0.05) is 3.57 Å². The van der Waals surface area contributed by atoms with Gasteiger partial charge in [-0.1, -0.05) is 0 Å². The number of methoxy groups -OCH3 is 1. The molecule has 0 saturated carbocycles. The summed E-state index contributed by atoms with van der Waals surface area (Å²) in [6.07, 6.45) is -2.58. The van der Waals surface area contributed by atoms with Gasteiger partial charge in [0.05, 0.1) is 11.6 Å². The van der Waals surface area contributed by atoms with Gasteiger partial charge in [-0.2, -0.15) is 0 Å². The van der Waals surface area contributed by atoms with Crippen LogP contribution in [0, 0.1) is 3.57 Å². The molecule has 0 saturated heterocycles. The lowest BCUT2D eigenvalue weighted by Gasteiger charge is -2.06. The molecule has 13 heavy (non-hydrogen) atoms. The lowest BCUT2D eigenvalue weighted by molar-refractivity contribution is 0.144. The maximum absolute atomic E-state index is 12.3. The molecular formula is C7H5BrF2INO. The zero-order chi connectivity index (χ0) is 10.0. The van der Waals surface area contributed by atoms with Gasteiger partial charge in [0.15, 0.2) is 0 Å². The highest BCUT2D eigenvalue weighted by Gasteiger charge is 2.16. The second-order valence-electron chi connectivity index (χ2n) is 2.15. The Hall–Kier alpha value is 0.0200. The van der Waals surface area contributed by atoms with E-state index in [-0.39, 0.29) is 11.6 Å². The Balaban J connectivity index is 3.22. The molecule has 0 aromatic carbocycles. The number of rotatable bonds is 2. The monoisotopic (exact) mass is 363 g/mol. The number of nitrogens with zero attached hydrogens (tertiary/aromatic N) is 1. The molecule has 0 aliphatic carbocycles. The SMILES string of the molecule is COc1nc(C(F)F)c(I)cc1Br. The van der Waals surface area contributed by atoms with Crippen molar-refractivity contribution in [2.24, 2.45) is 0 Å². The minimum absolute atomic E-state index is 0.177. The lowest BCUT2D eigenvalue weighted by Crippen LogP contribution is -1.98. The molecule has 0 fully saturated rings. The summed E-state index contributed by atoms with van der Waals surface area (Å²) in [6, 6.07) is 1.55. The molecule has 0 amide bonds. The third-order valence-electron chi connectivity index (χ3n) is 1.32. The third-order valence-corrected chi connectivity index (χ3v) is 2.76. The van der Waals surface area contributed by atoms with E-state index in [1.165, 1.54) is 7.11 Å². The van der Waals surface area contributed by atoms with E-state index >= 15 is 0 Å². The van der Waals surface area contributed by atoms with Crippen molar-refractivity contribution < 1.29 is 13.5 Å². The van der Waals surface area contributed by atoms with Crippen molar-refractivity contribution in [1.29, 1.82) is 0 Å². The molecule has 2 nitrogen and oxygen atoms in total. The van der Waals surface area contributed by atoms with Gasteiger partial charge in [0.2, 0.25) is 5.88 Å². The van der Waals surface area contributed by atoms with Crippen LogP contribution in [0.5, 0.6) is 5.88 Å². The van der Waals surface area contributed by atoms with Crippen LogP contribution in [0.3, 0.4) is 0 Å². The van der Waals surface area contributed by atoms with Crippen molar-refractivity contribution in [3.8, 4) is 5.88 Å². The summed E-state index contributed by atoms with van der Waals surface area (Å²) >= 11 is 4.96. The first kappa shape index (κ1) is 11.1. The maximum Gasteiger partial charge on any atom is 0.281 e. The molecule has 0 aliphatic heterocycles. The number of halogens is 4. The average Bonchev–Trinajstić information content (AvgIpc) is 2.03. The van der Waals surface area contributed by atoms with Crippen LogP contribution in [0.4, 0.5) is 8.78 Å². The van der Waals surface area contributed by atoms with Crippen molar-refractivity contribution in [2.75, 3.05) is 7.11 Å². The van der Waals surface area contributed by atoms with Crippen LogP contribution in [0.2, 0.25) is 0 Å². The lowest BCUT2D eigenvalue weighted by atomic mass is 10.3. The highest BCUT2D eigenvalue weighted by Crippen LogP contribution is 2.30. The molecule has 0 N–H and O–H groups in total. The molecule has 1 aromatic heterocycles. The Kier molecular flexibility index (Phi) is 3.84. The van der Waals surface area contributed by atoms with Crippen molar-refractivity contribution in [3.63, 3.8) is 0 Å². The van der Waals surface area contributed by atoms with E-state index in [4.69, 9.17) is 4.74 Å². The predicted octanol–water partition coefficient (Wildman–Crippen LogP) is 3.39. The van der Waals surface area contributed by atoms with Crippen molar-refractivity contribution in [2.45, 2.75) is 6.43 Å². The summed E-state index contributed by atoms with van der Waals surface area (Å²) in [5.41, 5.74) is -0.249. The number of hydrogen-bond acceptors (Lipinski definition) is 2. The summed E-state index contributed by atoms with van der Waals surface area (Å²) in [6.45, 7) is 0. The highest BCUT2D eigenvalue weighted by atomic mass is 127. The molecule has 72 valence electrons. The van der Waals surface area contributed by atoms with Gasteiger partial charge < -0.3 is 4.74 Å². The number of alkyl halides is 2. The zero-order valence-electron chi connectivity index (χ0n) is 6.52. The standard InChI is InChI=1S/C7H5BrF2INO/c1-13-7-3(8)2-4(11)5(12-7)6(9)10/h2,6H,1H3. The third kappa shape index (κ3) is 2.49. The predicted molar refractivity (Wildman–Crippen MR) is 56.2 cm³/mol. The molecule has 0 aliphatic rings. The van der Waals surface area contributed by atoms with Gasteiger partial charge in [-0.3, -0.25) is 0 Å². The van der Waals surface area contributed by atoms with Gasteiger partial charge in [0.25, 0.3) is 6.43 Å². The van der Waals surface area contributed by atoms with Crippen LogP contribution in [0.25, 0.3) is 0 Å². The number of hydrogen-bond donors (Lipinski definition) is 0. The minimum Gasteiger partial charge on any atom is -0.480 e. The Bertz CT molecular complexity index is 322. The van der Waals surface area contributed by atoms with Crippen molar-refractivity contribution in [1.82, 2.24) is 4.98 Å². The largest absolute Gasteiger partial charge is 0.480 e. The Morgan fingerprint density at radius 3 is 2.69 bits per heavy atom. The molecule has 6 heteroatoms. The van der Waals surface area contributed by atoms with E-state index in [1.54, 1.807) is 28.7 Å². The number of pyridine rings is 1.